The summed E-state index contributed by atoms with van der Waals surface area (Å²) in [7, 11) is 0. The first-order chi connectivity index (χ1) is 12.7. The van der Waals surface area contributed by atoms with Crippen molar-refractivity contribution in [1.82, 2.24) is 24.1 Å². The van der Waals surface area contributed by atoms with Gasteiger partial charge in [0.15, 0.2) is 0 Å². The van der Waals surface area contributed by atoms with Crippen LogP contribution in [-0.2, 0) is 13.1 Å². The molecule has 4 aromatic rings. The zero-order chi connectivity index (χ0) is 17.9. The molecule has 0 aliphatic rings. The number of aryl methyl sites for hydroxylation is 1. The Morgan fingerprint density at radius 2 is 2.00 bits per heavy atom. The van der Waals surface area contributed by atoms with Crippen LogP contribution in [-0.4, -0.2) is 35.3 Å². The Morgan fingerprint density at radius 3 is 2.77 bits per heavy atom. The molecule has 7 heteroatoms. The zero-order valence-corrected chi connectivity index (χ0v) is 14.2. The van der Waals surface area contributed by atoms with Gasteiger partial charge in [0.25, 0.3) is 0 Å². The Balaban J connectivity index is 1.64. The minimum absolute atomic E-state index is 0.439. The van der Waals surface area contributed by atoms with Gasteiger partial charge in [-0.05, 0) is 12.0 Å². The molecular formula is C19H20N6O. The van der Waals surface area contributed by atoms with Gasteiger partial charge < -0.3 is 20.0 Å². The van der Waals surface area contributed by atoms with E-state index in [0.717, 1.165) is 22.2 Å². The van der Waals surface area contributed by atoms with Crippen molar-refractivity contribution in [3.8, 4) is 11.1 Å². The van der Waals surface area contributed by atoms with Crippen LogP contribution in [0.25, 0.3) is 22.2 Å². The van der Waals surface area contributed by atoms with Crippen molar-refractivity contribution in [3.05, 3.63) is 61.6 Å². The van der Waals surface area contributed by atoms with Crippen LogP contribution in [0.4, 0.5) is 5.82 Å². The maximum atomic E-state index is 10.5. The van der Waals surface area contributed by atoms with E-state index in [4.69, 9.17) is 5.73 Å². The Hall–Kier alpha value is -3.19. The third-order valence-electron chi connectivity index (χ3n) is 4.45. The topological polar surface area (TPSA) is 94.8 Å². The molecular weight excluding hydrogens is 328 g/mol. The number of aliphatic hydroxyl groups excluding tert-OH is 1. The summed E-state index contributed by atoms with van der Waals surface area (Å²) < 4.78 is 3.90. The van der Waals surface area contributed by atoms with Crippen LogP contribution in [0.3, 0.4) is 0 Å². The number of nitrogens with two attached hydrogens (primary N) is 1. The molecule has 0 fully saturated rings. The molecule has 0 amide bonds. The van der Waals surface area contributed by atoms with Crippen LogP contribution in [0.2, 0.25) is 0 Å². The molecule has 132 valence electrons. The second kappa shape index (κ2) is 6.97. The summed E-state index contributed by atoms with van der Waals surface area (Å²) in [4.78, 5) is 12.6. The molecule has 26 heavy (non-hydrogen) atoms. The van der Waals surface area contributed by atoms with E-state index in [0.29, 0.717) is 25.3 Å². The highest BCUT2D eigenvalue weighted by molar-refractivity contribution is 6.00. The van der Waals surface area contributed by atoms with Gasteiger partial charge in [0.1, 0.15) is 17.8 Å². The molecule has 1 unspecified atom stereocenters. The normalized spacial score (nSPS) is 12.5. The summed E-state index contributed by atoms with van der Waals surface area (Å²) >= 11 is 0. The quantitative estimate of drug-likeness (QED) is 0.558. The highest BCUT2D eigenvalue weighted by Gasteiger charge is 2.16. The fraction of sp³-hybridized carbons (Fsp3) is 0.211. The minimum Gasteiger partial charge on any atom is -0.391 e. The molecule has 0 aliphatic heterocycles. The van der Waals surface area contributed by atoms with Crippen LogP contribution in [0.15, 0.2) is 61.6 Å². The first-order valence-electron chi connectivity index (χ1n) is 8.51. The maximum Gasteiger partial charge on any atom is 0.146 e. The number of fused-ring (bicyclic) bond motifs is 1. The van der Waals surface area contributed by atoms with E-state index >= 15 is 0 Å². The van der Waals surface area contributed by atoms with Crippen molar-refractivity contribution in [3.63, 3.8) is 0 Å². The number of nitrogen functional groups attached to an aromatic ring is 1. The maximum absolute atomic E-state index is 10.5. The van der Waals surface area contributed by atoms with Crippen molar-refractivity contribution in [2.24, 2.45) is 0 Å². The minimum atomic E-state index is -0.507. The third kappa shape index (κ3) is 3.16. The smallest absolute Gasteiger partial charge is 0.146 e. The third-order valence-corrected chi connectivity index (χ3v) is 4.45. The Kier molecular flexibility index (Phi) is 4.37. The number of hydrogen-bond acceptors (Lipinski definition) is 5. The van der Waals surface area contributed by atoms with E-state index in [9.17, 15) is 5.11 Å². The van der Waals surface area contributed by atoms with Crippen LogP contribution in [0.1, 0.15) is 6.42 Å². The number of nitrogens with zero attached hydrogens (tertiary/aromatic N) is 5. The van der Waals surface area contributed by atoms with Crippen molar-refractivity contribution in [1.29, 1.82) is 0 Å². The van der Waals surface area contributed by atoms with Crippen molar-refractivity contribution < 1.29 is 5.11 Å². The Labute approximate surface area is 150 Å². The molecule has 4 rings (SSSR count). The summed E-state index contributed by atoms with van der Waals surface area (Å²) in [5, 5.41) is 11.3. The molecule has 0 saturated heterocycles. The molecule has 0 spiro atoms. The Bertz CT molecular complexity index is 994. The highest BCUT2D eigenvalue weighted by Crippen LogP contribution is 2.32. The highest BCUT2D eigenvalue weighted by atomic mass is 16.3. The van der Waals surface area contributed by atoms with Crippen LogP contribution >= 0.6 is 0 Å². The predicted octanol–water partition coefficient (Wildman–Crippen LogP) is 2.33. The van der Waals surface area contributed by atoms with Gasteiger partial charge in [0.05, 0.1) is 24.4 Å². The molecule has 0 saturated carbocycles. The second-order valence-corrected chi connectivity index (χ2v) is 6.26. The fourth-order valence-corrected chi connectivity index (χ4v) is 3.16. The number of imidazole rings is 1. The average molecular weight is 348 g/mol. The van der Waals surface area contributed by atoms with Gasteiger partial charge in [-0.1, -0.05) is 30.3 Å². The first kappa shape index (κ1) is 16.3. The molecule has 7 nitrogen and oxygen atoms in total. The summed E-state index contributed by atoms with van der Waals surface area (Å²) in [6.45, 7) is 1.15. The van der Waals surface area contributed by atoms with E-state index in [2.05, 4.69) is 15.0 Å². The second-order valence-electron chi connectivity index (χ2n) is 6.26. The van der Waals surface area contributed by atoms with Crippen LogP contribution < -0.4 is 5.73 Å². The lowest BCUT2D eigenvalue weighted by molar-refractivity contribution is 0.140. The van der Waals surface area contributed by atoms with Crippen molar-refractivity contribution in [2.75, 3.05) is 5.73 Å². The van der Waals surface area contributed by atoms with Crippen LogP contribution in [0, 0.1) is 0 Å². The number of aromatic nitrogens is 5. The molecule has 3 heterocycles. The van der Waals surface area contributed by atoms with Gasteiger partial charge in [-0.15, -0.1) is 0 Å². The SMILES string of the molecule is Nc1ncnc2c1c(-c1ccccc1)cn2CC(O)CCn1ccnc1. The number of rotatable bonds is 6. The lowest BCUT2D eigenvalue weighted by Crippen LogP contribution is -2.17. The molecule has 1 atom stereocenters. The zero-order valence-electron chi connectivity index (χ0n) is 14.2. The monoisotopic (exact) mass is 348 g/mol. The molecule has 0 bridgehead atoms. The number of aliphatic hydroxyl groups is 1. The fourth-order valence-electron chi connectivity index (χ4n) is 3.16. The largest absolute Gasteiger partial charge is 0.391 e. The van der Waals surface area contributed by atoms with E-state index in [1.807, 2.05) is 51.9 Å². The van der Waals surface area contributed by atoms with Crippen LogP contribution in [0.5, 0.6) is 0 Å². The lowest BCUT2D eigenvalue weighted by atomic mass is 10.1. The molecule has 1 aromatic carbocycles. The summed E-state index contributed by atoms with van der Waals surface area (Å²) in [6, 6.07) is 10.0. The molecule has 3 aromatic heterocycles. The number of benzene rings is 1. The number of anilines is 1. The van der Waals surface area contributed by atoms with Gasteiger partial charge in [-0.3, -0.25) is 0 Å². The van der Waals surface area contributed by atoms with E-state index in [1.54, 1.807) is 12.5 Å². The van der Waals surface area contributed by atoms with Gasteiger partial charge in [-0.2, -0.15) is 0 Å². The summed E-state index contributed by atoms with van der Waals surface area (Å²) in [5.41, 5.74) is 8.88. The van der Waals surface area contributed by atoms with Gasteiger partial charge in [0.2, 0.25) is 0 Å². The van der Waals surface area contributed by atoms with Gasteiger partial charge >= 0.3 is 0 Å². The Morgan fingerprint density at radius 1 is 1.15 bits per heavy atom. The van der Waals surface area contributed by atoms with E-state index in [1.165, 1.54) is 6.33 Å². The molecule has 3 N–H and O–H groups in total. The molecule has 0 radical (unpaired) electrons. The molecule has 0 aliphatic carbocycles. The van der Waals surface area contributed by atoms with E-state index in [-0.39, 0.29) is 0 Å². The summed E-state index contributed by atoms with van der Waals surface area (Å²) in [5.74, 6) is 0.445. The van der Waals surface area contributed by atoms with E-state index < -0.39 is 6.10 Å². The average Bonchev–Trinajstić information content (AvgIpc) is 3.30. The standard InChI is InChI=1S/C19H20N6O/c20-18-17-16(14-4-2-1-3-5-14)11-25(19(17)23-12-22-18)10-15(26)6-8-24-9-7-21-13-24/h1-5,7,9,11-13,15,26H,6,8,10H2,(H2,20,22,23). The predicted molar refractivity (Wildman–Crippen MR) is 100 cm³/mol. The van der Waals surface area contributed by atoms with Gasteiger partial charge in [-0.25, -0.2) is 15.0 Å². The lowest BCUT2D eigenvalue weighted by Gasteiger charge is -2.12. The van der Waals surface area contributed by atoms with Gasteiger partial charge in [0, 0.05) is 30.7 Å². The van der Waals surface area contributed by atoms with Crippen molar-refractivity contribution >= 4 is 16.9 Å². The first-order valence-corrected chi connectivity index (χ1v) is 8.51. The number of hydrogen-bond donors (Lipinski definition) is 2. The summed E-state index contributed by atoms with van der Waals surface area (Å²) in [6.07, 6.45) is 8.94. The van der Waals surface area contributed by atoms with Crippen molar-refractivity contribution in [2.45, 2.75) is 25.6 Å².